The monoisotopic (exact) mass is 276 g/mol. The van der Waals surface area contributed by atoms with Crippen molar-refractivity contribution in [3.8, 4) is 6.07 Å². The summed E-state index contributed by atoms with van der Waals surface area (Å²) >= 11 is 0. The second kappa shape index (κ2) is 5.37. The van der Waals surface area contributed by atoms with Crippen LogP contribution in [-0.2, 0) is 19.7 Å². The highest BCUT2D eigenvalue weighted by molar-refractivity contribution is 6.00. The number of nitriles is 1. The van der Waals surface area contributed by atoms with Crippen molar-refractivity contribution in [1.82, 2.24) is 4.98 Å². The van der Waals surface area contributed by atoms with Crippen LogP contribution in [0, 0.1) is 23.2 Å². The zero-order valence-electron chi connectivity index (χ0n) is 10.9. The molecule has 0 saturated heterocycles. The van der Waals surface area contributed by atoms with Gasteiger partial charge in [0.05, 0.1) is 18.6 Å². The molecule has 6 heteroatoms. The number of esters is 1. The fourth-order valence-corrected chi connectivity index (χ4v) is 2.52. The number of ketones is 1. The molecule has 2 atom stereocenters. The SMILES string of the molecule is COC(=O)C1CC(C#N)(c2ccc(F)nc2)CCC1=O. The Morgan fingerprint density at radius 3 is 2.90 bits per heavy atom. The molecule has 0 N–H and O–H groups in total. The summed E-state index contributed by atoms with van der Waals surface area (Å²) < 4.78 is 17.5. The maximum atomic E-state index is 12.9. The number of carbonyl (C=O) groups excluding carboxylic acids is 2. The Morgan fingerprint density at radius 1 is 1.60 bits per heavy atom. The third-order valence-electron chi connectivity index (χ3n) is 3.72. The Balaban J connectivity index is 2.36. The van der Waals surface area contributed by atoms with E-state index in [1.807, 2.05) is 0 Å². The van der Waals surface area contributed by atoms with Gasteiger partial charge in [0.25, 0.3) is 0 Å². The van der Waals surface area contributed by atoms with Crippen molar-refractivity contribution < 1.29 is 18.7 Å². The zero-order chi connectivity index (χ0) is 14.8. The van der Waals surface area contributed by atoms with Crippen molar-refractivity contribution in [2.45, 2.75) is 24.7 Å². The predicted octanol–water partition coefficient (Wildman–Crippen LogP) is 1.52. The number of aromatic nitrogens is 1. The van der Waals surface area contributed by atoms with Gasteiger partial charge in [-0.1, -0.05) is 6.07 Å². The molecule has 20 heavy (non-hydrogen) atoms. The van der Waals surface area contributed by atoms with Crippen LogP contribution >= 0.6 is 0 Å². The van der Waals surface area contributed by atoms with Crippen LogP contribution in [0.15, 0.2) is 18.3 Å². The van der Waals surface area contributed by atoms with Gasteiger partial charge in [0.15, 0.2) is 0 Å². The molecule has 1 aliphatic carbocycles. The van der Waals surface area contributed by atoms with Crippen LogP contribution in [0.4, 0.5) is 4.39 Å². The first-order chi connectivity index (χ1) is 9.52. The van der Waals surface area contributed by atoms with E-state index in [1.54, 1.807) is 0 Å². The first-order valence-corrected chi connectivity index (χ1v) is 6.16. The first-order valence-electron chi connectivity index (χ1n) is 6.16. The normalized spacial score (nSPS) is 25.9. The smallest absolute Gasteiger partial charge is 0.316 e. The van der Waals surface area contributed by atoms with Crippen LogP contribution in [0.25, 0.3) is 0 Å². The molecule has 5 nitrogen and oxygen atoms in total. The van der Waals surface area contributed by atoms with Crippen LogP contribution in [-0.4, -0.2) is 23.8 Å². The van der Waals surface area contributed by atoms with Crippen molar-refractivity contribution in [2.75, 3.05) is 7.11 Å². The van der Waals surface area contributed by atoms with Crippen LogP contribution in [0.5, 0.6) is 0 Å². The molecule has 104 valence electrons. The van der Waals surface area contributed by atoms with E-state index in [-0.39, 0.29) is 18.6 Å². The molecular weight excluding hydrogens is 263 g/mol. The summed E-state index contributed by atoms with van der Waals surface area (Å²) in [7, 11) is 1.21. The lowest BCUT2D eigenvalue weighted by Gasteiger charge is -2.33. The summed E-state index contributed by atoms with van der Waals surface area (Å²) in [6.07, 6.45) is 1.73. The summed E-state index contributed by atoms with van der Waals surface area (Å²) in [5, 5.41) is 9.49. The van der Waals surface area contributed by atoms with Crippen LogP contribution < -0.4 is 0 Å². The van der Waals surface area contributed by atoms with Gasteiger partial charge in [-0.05, 0) is 24.5 Å². The van der Waals surface area contributed by atoms with E-state index in [0.717, 1.165) is 6.07 Å². The van der Waals surface area contributed by atoms with E-state index in [2.05, 4.69) is 15.8 Å². The van der Waals surface area contributed by atoms with E-state index in [1.165, 1.54) is 19.4 Å². The number of hydrogen-bond donors (Lipinski definition) is 0. The molecule has 0 amide bonds. The Kier molecular flexibility index (Phi) is 3.79. The number of methoxy groups -OCH3 is 1. The van der Waals surface area contributed by atoms with Gasteiger partial charge in [-0.25, -0.2) is 4.98 Å². The quantitative estimate of drug-likeness (QED) is 0.465. The molecule has 2 unspecified atom stereocenters. The lowest BCUT2D eigenvalue weighted by molar-refractivity contribution is -0.151. The average Bonchev–Trinajstić information content (AvgIpc) is 2.48. The maximum Gasteiger partial charge on any atom is 0.316 e. The second-order valence-electron chi connectivity index (χ2n) is 4.81. The van der Waals surface area contributed by atoms with Crippen LogP contribution in [0.1, 0.15) is 24.8 Å². The Hall–Kier alpha value is -2.29. The van der Waals surface area contributed by atoms with Crippen molar-refractivity contribution in [3.63, 3.8) is 0 Å². The third kappa shape index (κ3) is 2.39. The summed E-state index contributed by atoms with van der Waals surface area (Å²) in [6.45, 7) is 0. The molecule has 1 aromatic rings. The lowest BCUT2D eigenvalue weighted by atomic mass is 9.66. The van der Waals surface area contributed by atoms with Crippen molar-refractivity contribution >= 4 is 11.8 Å². The molecule has 1 aromatic heterocycles. The fraction of sp³-hybridized carbons (Fsp3) is 0.429. The van der Waals surface area contributed by atoms with Gasteiger partial charge in [-0.15, -0.1) is 0 Å². The fourth-order valence-electron chi connectivity index (χ4n) is 2.52. The van der Waals surface area contributed by atoms with Gasteiger partial charge in [-0.2, -0.15) is 9.65 Å². The summed E-state index contributed by atoms with van der Waals surface area (Å²) in [6, 6.07) is 4.79. The second-order valence-corrected chi connectivity index (χ2v) is 4.81. The topological polar surface area (TPSA) is 80.1 Å². The molecule has 0 spiro atoms. The van der Waals surface area contributed by atoms with E-state index >= 15 is 0 Å². The number of nitrogens with zero attached hydrogens (tertiary/aromatic N) is 2. The first kappa shape index (κ1) is 14.1. The highest BCUT2D eigenvalue weighted by atomic mass is 19.1. The number of ether oxygens (including phenoxy) is 1. The van der Waals surface area contributed by atoms with Gasteiger partial charge >= 0.3 is 5.97 Å². The minimum atomic E-state index is -1.01. The summed E-state index contributed by atoms with van der Waals surface area (Å²) in [4.78, 5) is 27.0. The number of carbonyl (C=O) groups is 2. The van der Waals surface area contributed by atoms with E-state index < -0.39 is 23.2 Å². The average molecular weight is 276 g/mol. The molecule has 2 rings (SSSR count). The highest BCUT2D eigenvalue weighted by Crippen LogP contribution is 2.40. The summed E-state index contributed by atoms with van der Waals surface area (Å²) in [5.41, 5.74) is -0.490. The minimum Gasteiger partial charge on any atom is -0.468 e. The zero-order valence-corrected chi connectivity index (χ0v) is 10.9. The molecule has 0 aromatic carbocycles. The van der Waals surface area contributed by atoms with Gasteiger partial charge in [-0.3, -0.25) is 9.59 Å². The van der Waals surface area contributed by atoms with Crippen LogP contribution in [0.2, 0.25) is 0 Å². The molecule has 1 aliphatic rings. The molecular formula is C14H13FN2O3. The van der Waals surface area contributed by atoms with Gasteiger partial charge < -0.3 is 4.74 Å². The van der Waals surface area contributed by atoms with Gasteiger partial charge in [0.1, 0.15) is 11.7 Å². The lowest BCUT2D eigenvalue weighted by Crippen LogP contribution is -2.40. The Labute approximate surface area is 115 Å². The van der Waals surface area contributed by atoms with E-state index in [0.29, 0.717) is 12.0 Å². The van der Waals surface area contributed by atoms with E-state index in [4.69, 9.17) is 0 Å². The summed E-state index contributed by atoms with van der Waals surface area (Å²) in [5.74, 6) is -2.45. The Morgan fingerprint density at radius 2 is 2.35 bits per heavy atom. The van der Waals surface area contributed by atoms with E-state index in [9.17, 15) is 19.2 Å². The highest BCUT2D eigenvalue weighted by Gasteiger charge is 2.45. The maximum absolute atomic E-state index is 12.9. The molecule has 1 heterocycles. The van der Waals surface area contributed by atoms with Gasteiger partial charge in [0.2, 0.25) is 5.95 Å². The molecule has 1 saturated carbocycles. The predicted molar refractivity (Wildman–Crippen MR) is 65.9 cm³/mol. The Bertz CT molecular complexity index is 571. The van der Waals surface area contributed by atoms with Gasteiger partial charge in [0, 0.05) is 12.6 Å². The number of Topliss-reactive ketones (excluding diaryl/α,β-unsaturated/α-hetero) is 1. The van der Waals surface area contributed by atoms with Crippen LogP contribution in [0.3, 0.4) is 0 Å². The minimum absolute atomic E-state index is 0.0440. The van der Waals surface area contributed by atoms with Crippen molar-refractivity contribution in [3.05, 3.63) is 29.8 Å². The van der Waals surface area contributed by atoms with Crippen molar-refractivity contribution in [2.24, 2.45) is 5.92 Å². The largest absolute Gasteiger partial charge is 0.468 e. The molecule has 0 bridgehead atoms. The molecule has 0 radical (unpaired) electrons. The number of pyridine rings is 1. The standard InChI is InChI=1S/C14H13FN2O3/c1-20-13(19)10-6-14(8-16,5-4-11(10)18)9-2-3-12(15)17-7-9/h2-3,7,10H,4-6H2,1H3. The third-order valence-corrected chi connectivity index (χ3v) is 3.72. The molecule has 0 aliphatic heterocycles. The number of hydrogen-bond acceptors (Lipinski definition) is 5. The molecule has 1 fully saturated rings. The number of rotatable bonds is 2. The van der Waals surface area contributed by atoms with Crippen molar-refractivity contribution in [1.29, 1.82) is 5.26 Å². The number of halogens is 1.